The Kier molecular flexibility index (Phi) is 4.22. The van der Waals surface area contributed by atoms with E-state index >= 15 is 0 Å². The van der Waals surface area contributed by atoms with Crippen molar-refractivity contribution in [2.45, 2.75) is 6.42 Å². The molecule has 1 aromatic carbocycles. The quantitative estimate of drug-likeness (QED) is 0.881. The molecule has 1 aromatic heterocycles. The Labute approximate surface area is 114 Å². The first-order chi connectivity index (χ1) is 9.08. The van der Waals surface area contributed by atoms with E-state index in [0.29, 0.717) is 13.0 Å². The summed E-state index contributed by atoms with van der Waals surface area (Å²) in [5, 5.41) is 4.11. The average molecular weight is 259 g/mol. The van der Waals surface area contributed by atoms with Crippen LogP contribution in [0.2, 0.25) is 0 Å². The van der Waals surface area contributed by atoms with Crippen LogP contribution < -0.4 is 5.32 Å². The molecular formula is C15H21N3O. The second-order valence-electron chi connectivity index (χ2n) is 5.11. The fourth-order valence-corrected chi connectivity index (χ4v) is 2.22. The SMILES string of the molecule is CN(C)CCNC(=O)Cc1cn(C)c2ccccc12. The lowest BCUT2D eigenvalue weighted by atomic mass is 10.1. The second kappa shape index (κ2) is 5.89. The molecule has 0 unspecified atom stereocenters. The van der Waals surface area contributed by atoms with Gasteiger partial charge < -0.3 is 14.8 Å². The molecule has 0 aliphatic carbocycles. The van der Waals surface area contributed by atoms with Crippen molar-refractivity contribution in [1.82, 2.24) is 14.8 Å². The van der Waals surface area contributed by atoms with E-state index in [0.717, 1.165) is 17.5 Å². The largest absolute Gasteiger partial charge is 0.355 e. The van der Waals surface area contributed by atoms with Crippen LogP contribution in [0.15, 0.2) is 30.5 Å². The first-order valence-corrected chi connectivity index (χ1v) is 6.52. The highest BCUT2D eigenvalue weighted by molar-refractivity contribution is 5.89. The Morgan fingerprint density at radius 1 is 1.32 bits per heavy atom. The van der Waals surface area contributed by atoms with E-state index in [4.69, 9.17) is 0 Å². The van der Waals surface area contributed by atoms with Gasteiger partial charge in [0.2, 0.25) is 5.91 Å². The van der Waals surface area contributed by atoms with E-state index in [1.54, 1.807) is 0 Å². The Bertz CT molecular complexity index is 572. The summed E-state index contributed by atoms with van der Waals surface area (Å²) in [7, 11) is 6.00. The average Bonchev–Trinajstić information content (AvgIpc) is 2.66. The fraction of sp³-hybridized carbons (Fsp3) is 0.400. The van der Waals surface area contributed by atoms with Crippen LogP contribution in [-0.4, -0.2) is 42.6 Å². The van der Waals surface area contributed by atoms with Crippen molar-refractivity contribution in [3.05, 3.63) is 36.0 Å². The normalized spacial score (nSPS) is 11.2. The topological polar surface area (TPSA) is 37.3 Å². The maximum Gasteiger partial charge on any atom is 0.224 e. The van der Waals surface area contributed by atoms with Crippen LogP contribution in [-0.2, 0) is 18.3 Å². The standard InChI is InChI=1S/C15H21N3O/c1-17(2)9-8-16-15(19)10-12-11-18(3)14-7-5-4-6-13(12)14/h4-7,11H,8-10H2,1-3H3,(H,16,19). The number of benzene rings is 1. The molecule has 2 aromatic rings. The van der Waals surface area contributed by atoms with Gasteiger partial charge in [0.15, 0.2) is 0 Å². The number of carbonyl (C=O) groups is 1. The van der Waals surface area contributed by atoms with Gasteiger partial charge in [-0.1, -0.05) is 18.2 Å². The zero-order valence-electron chi connectivity index (χ0n) is 11.8. The van der Waals surface area contributed by atoms with E-state index in [1.165, 1.54) is 5.52 Å². The summed E-state index contributed by atoms with van der Waals surface area (Å²) in [5.74, 6) is 0.0817. The van der Waals surface area contributed by atoms with E-state index in [9.17, 15) is 4.79 Å². The number of nitrogens with zero attached hydrogens (tertiary/aromatic N) is 2. The predicted octanol–water partition coefficient (Wildman–Crippen LogP) is 1.40. The highest BCUT2D eigenvalue weighted by atomic mass is 16.1. The molecule has 2 rings (SSSR count). The van der Waals surface area contributed by atoms with Gasteiger partial charge in [-0.2, -0.15) is 0 Å². The summed E-state index contributed by atoms with van der Waals surface area (Å²) in [6.07, 6.45) is 2.48. The lowest BCUT2D eigenvalue weighted by Crippen LogP contribution is -2.32. The molecule has 0 spiro atoms. The van der Waals surface area contributed by atoms with Crippen molar-refractivity contribution in [3.63, 3.8) is 0 Å². The number of rotatable bonds is 5. The highest BCUT2D eigenvalue weighted by Gasteiger charge is 2.09. The third-order valence-electron chi connectivity index (χ3n) is 3.21. The Hall–Kier alpha value is -1.81. The summed E-state index contributed by atoms with van der Waals surface area (Å²) in [5.41, 5.74) is 2.25. The summed E-state index contributed by atoms with van der Waals surface area (Å²) in [6, 6.07) is 8.17. The Morgan fingerprint density at radius 2 is 2.05 bits per heavy atom. The second-order valence-corrected chi connectivity index (χ2v) is 5.11. The molecule has 102 valence electrons. The molecule has 0 atom stereocenters. The third-order valence-corrected chi connectivity index (χ3v) is 3.21. The first-order valence-electron chi connectivity index (χ1n) is 6.52. The van der Waals surface area contributed by atoms with Gasteiger partial charge in [0.25, 0.3) is 0 Å². The van der Waals surface area contributed by atoms with Gasteiger partial charge in [-0.3, -0.25) is 4.79 Å². The predicted molar refractivity (Wildman–Crippen MR) is 78.2 cm³/mol. The molecule has 1 amide bonds. The van der Waals surface area contributed by atoms with E-state index in [2.05, 4.69) is 26.9 Å². The number of fused-ring (bicyclic) bond motifs is 1. The van der Waals surface area contributed by atoms with Crippen molar-refractivity contribution in [3.8, 4) is 0 Å². The first kappa shape index (κ1) is 13.6. The number of amides is 1. The molecule has 4 nitrogen and oxygen atoms in total. The van der Waals surface area contributed by atoms with Gasteiger partial charge in [0.05, 0.1) is 6.42 Å². The van der Waals surface area contributed by atoms with E-state index in [1.807, 2.05) is 39.5 Å². The number of aryl methyl sites for hydroxylation is 1. The molecule has 0 saturated heterocycles. The van der Waals surface area contributed by atoms with Gasteiger partial charge in [0.1, 0.15) is 0 Å². The maximum absolute atomic E-state index is 11.9. The minimum atomic E-state index is 0.0817. The van der Waals surface area contributed by atoms with Crippen LogP contribution in [0, 0.1) is 0 Å². The lowest BCUT2D eigenvalue weighted by Gasteiger charge is -2.10. The molecule has 0 aliphatic rings. The van der Waals surface area contributed by atoms with Crippen LogP contribution in [0.4, 0.5) is 0 Å². The molecule has 0 fully saturated rings. The number of likely N-dealkylation sites (N-methyl/N-ethyl adjacent to an activating group) is 1. The molecule has 0 saturated carbocycles. The van der Waals surface area contributed by atoms with Crippen LogP contribution in [0.1, 0.15) is 5.56 Å². The molecule has 1 N–H and O–H groups in total. The molecule has 0 radical (unpaired) electrons. The van der Waals surface area contributed by atoms with E-state index in [-0.39, 0.29) is 5.91 Å². The van der Waals surface area contributed by atoms with Gasteiger partial charge in [-0.25, -0.2) is 0 Å². The van der Waals surface area contributed by atoms with Crippen LogP contribution >= 0.6 is 0 Å². The number of hydrogen-bond donors (Lipinski definition) is 1. The summed E-state index contributed by atoms with van der Waals surface area (Å²) >= 11 is 0. The van der Waals surface area contributed by atoms with Gasteiger partial charge >= 0.3 is 0 Å². The monoisotopic (exact) mass is 259 g/mol. The van der Waals surface area contributed by atoms with Gasteiger partial charge in [-0.15, -0.1) is 0 Å². The van der Waals surface area contributed by atoms with Crippen LogP contribution in [0.3, 0.4) is 0 Å². The maximum atomic E-state index is 11.9. The van der Waals surface area contributed by atoms with Crippen LogP contribution in [0.5, 0.6) is 0 Å². The molecule has 0 bridgehead atoms. The molecule has 4 heteroatoms. The molecule has 0 aliphatic heterocycles. The minimum absolute atomic E-state index is 0.0817. The Balaban J connectivity index is 2.03. The van der Waals surface area contributed by atoms with Crippen molar-refractivity contribution in [2.75, 3.05) is 27.2 Å². The van der Waals surface area contributed by atoms with Crippen LogP contribution in [0.25, 0.3) is 10.9 Å². The highest BCUT2D eigenvalue weighted by Crippen LogP contribution is 2.20. The number of carbonyl (C=O) groups excluding carboxylic acids is 1. The third kappa shape index (κ3) is 3.35. The number of hydrogen-bond acceptors (Lipinski definition) is 2. The van der Waals surface area contributed by atoms with Gasteiger partial charge in [0, 0.05) is 37.2 Å². The molecule has 19 heavy (non-hydrogen) atoms. The molecular weight excluding hydrogens is 238 g/mol. The lowest BCUT2D eigenvalue weighted by molar-refractivity contribution is -0.120. The van der Waals surface area contributed by atoms with Gasteiger partial charge in [-0.05, 0) is 25.7 Å². The summed E-state index contributed by atoms with van der Waals surface area (Å²) in [6.45, 7) is 1.55. The number of nitrogens with one attached hydrogen (secondary N) is 1. The summed E-state index contributed by atoms with van der Waals surface area (Å²) in [4.78, 5) is 14.0. The summed E-state index contributed by atoms with van der Waals surface area (Å²) < 4.78 is 2.07. The van der Waals surface area contributed by atoms with Crippen molar-refractivity contribution < 1.29 is 4.79 Å². The number of aromatic nitrogens is 1. The van der Waals surface area contributed by atoms with Crippen molar-refractivity contribution >= 4 is 16.8 Å². The minimum Gasteiger partial charge on any atom is -0.355 e. The zero-order chi connectivity index (χ0) is 13.8. The van der Waals surface area contributed by atoms with Crippen molar-refractivity contribution in [2.24, 2.45) is 7.05 Å². The Morgan fingerprint density at radius 3 is 2.79 bits per heavy atom. The smallest absolute Gasteiger partial charge is 0.224 e. The zero-order valence-corrected chi connectivity index (χ0v) is 11.8. The molecule has 1 heterocycles. The number of para-hydroxylation sites is 1. The fourth-order valence-electron chi connectivity index (χ4n) is 2.22. The van der Waals surface area contributed by atoms with E-state index < -0.39 is 0 Å². The van der Waals surface area contributed by atoms with Crippen molar-refractivity contribution in [1.29, 1.82) is 0 Å².